The summed E-state index contributed by atoms with van der Waals surface area (Å²) in [6.45, 7) is 2.31. The average molecular weight is 274 g/mol. The summed E-state index contributed by atoms with van der Waals surface area (Å²) in [6.07, 6.45) is 1.90. The third-order valence-electron chi connectivity index (χ3n) is 3.58. The third kappa shape index (κ3) is 4.07. The summed E-state index contributed by atoms with van der Waals surface area (Å²) in [5.74, 6) is 5.93. The monoisotopic (exact) mass is 274 g/mol. The van der Waals surface area contributed by atoms with Gasteiger partial charge in [0.1, 0.15) is 0 Å². The van der Waals surface area contributed by atoms with Crippen molar-refractivity contribution in [2.45, 2.75) is 18.9 Å². The molecular weight excluding hydrogens is 252 g/mol. The van der Waals surface area contributed by atoms with Gasteiger partial charge in [0.05, 0.1) is 0 Å². The second kappa shape index (κ2) is 6.90. The molecule has 2 rings (SSSR count). The lowest BCUT2D eigenvalue weighted by Crippen LogP contribution is -2.37. The van der Waals surface area contributed by atoms with E-state index in [1.54, 1.807) is 7.05 Å². The maximum atomic E-state index is 11.4. The van der Waals surface area contributed by atoms with E-state index in [4.69, 9.17) is 0 Å². The molecule has 5 heteroatoms. The quantitative estimate of drug-likeness (QED) is 0.841. The highest BCUT2D eigenvalue weighted by atomic mass is 32.2. The van der Waals surface area contributed by atoms with Gasteiger partial charge in [0.25, 0.3) is 0 Å². The fourth-order valence-corrected chi connectivity index (χ4v) is 5.17. The Balaban J connectivity index is 1.78. The molecule has 1 amide bonds. The zero-order valence-electron chi connectivity index (χ0n) is 10.5. The molecule has 0 bridgehead atoms. The van der Waals surface area contributed by atoms with E-state index in [1.165, 1.54) is 36.0 Å². The Morgan fingerprint density at radius 1 is 1.35 bits per heavy atom. The molecule has 1 N–H and O–H groups in total. The molecule has 3 nitrogen and oxygen atoms in total. The molecule has 2 aliphatic rings. The highest BCUT2D eigenvalue weighted by Gasteiger charge is 2.29. The first kappa shape index (κ1) is 13.6. The van der Waals surface area contributed by atoms with Crippen LogP contribution in [0.15, 0.2) is 0 Å². The summed E-state index contributed by atoms with van der Waals surface area (Å²) in [7, 11) is 1.73. The highest BCUT2D eigenvalue weighted by Crippen LogP contribution is 2.26. The van der Waals surface area contributed by atoms with E-state index in [2.05, 4.69) is 33.7 Å². The number of rotatable bonds is 3. The van der Waals surface area contributed by atoms with Gasteiger partial charge in [0.15, 0.2) is 0 Å². The molecule has 2 heterocycles. The number of likely N-dealkylation sites (tertiary alicyclic amines) is 1. The fraction of sp³-hybridized carbons (Fsp3) is 0.917. The van der Waals surface area contributed by atoms with Gasteiger partial charge in [-0.25, -0.2) is 0 Å². The van der Waals surface area contributed by atoms with Crippen LogP contribution in [0.2, 0.25) is 0 Å². The van der Waals surface area contributed by atoms with Crippen molar-refractivity contribution in [3.63, 3.8) is 0 Å². The van der Waals surface area contributed by atoms with Crippen LogP contribution in [0.25, 0.3) is 0 Å². The normalized spacial score (nSPS) is 27.9. The molecule has 2 aliphatic heterocycles. The number of hydrogen-bond donors (Lipinski definition) is 1. The van der Waals surface area contributed by atoms with Crippen molar-refractivity contribution in [2.24, 2.45) is 5.92 Å². The van der Waals surface area contributed by atoms with E-state index in [1.807, 2.05) is 0 Å². The van der Waals surface area contributed by atoms with Crippen molar-refractivity contribution >= 4 is 29.4 Å². The smallest absolute Gasteiger partial charge is 0.220 e. The van der Waals surface area contributed by atoms with Crippen molar-refractivity contribution in [1.29, 1.82) is 0 Å². The van der Waals surface area contributed by atoms with Crippen LogP contribution in [0.5, 0.6) is 0 Å². The van der Waals surface area contributed by atoms with E-state index in [-0.39, 0.29) is 5.91 Å². The largest absolute Gasteiger partial charge is 0.359 e. The first-order valence-corrected chi connectivity index (χ1v) is 8.70. The maximum absolute atomic E-state index is 11.4. The summed E-state index contributed by atoms with van der Waals surface area (Å²) < 4.78 is 0. The molecule has 1 atom stereocenters. The highest BCUT2D eigenvalue weighted by molar-refractivity contribution is 8.03. The standard InChI is InChI=1S/C12H22N2OS2/c1-13-12(15)6-10-2-3-14(7-10)11-8-16-4-5-17-9-11/h10-11H,2-9H2,1H3,(H,13,15). The molecule has 0 aromatic carbocycles. The van der Waals surface area contributed by atoms with Crippen molar-refractivity contribution in [2.75, 3.05) is 43.1 Å². The van der Waals surface area contributed by atoms with Gasteiger partial charge in [-0.2, -0.15) is 23.5 Å². The zero-order valence-corrected chi connectivity index (χ0v) is 12.1. The molecule has 0 aromatic rings. The Hall–Kier alpha value is 0.130. The second-order valence-corrected chi connectivity index (χ2v) is 7.13. The molecule has 0 aromatic heterocycles. The second-order valence-electron chi connectivity index (χ2n) is 4.83. The molecule has 1 unspecified atom stereocenters. The number of hydrogen-bond acceptors (Lipinski definition) is 4. The van der Waals surface area contributed by atoms with Gasteiger partial charge in [-0.05, 0) is 18.9 Å². The van der Waals surface area contributed by atoms with Gasteiger partial charge < -0.3 is 5.32 Å². The van der Waals surface area contributed by atoms with E-state index >= 15 is 0 Å². The van der Waals surface area contributed by atoms with Gasteiger partial charge in [0.2, 0.25) is 5.91 Å². The van der Waals surface area contributed by atoms with E-state index in [0.29, 0.717) is 12.3 Å². The van der Waals surface area contributed by atoms with Crippen molar-refractivity contribution in [3.05, 3.63) is 0 Å². The van der Waals surface area contributed by atoms with Gasteiger partial charge in [-0.1, -0.05) is 0 Å². The number of thioether (sulfide) groups is 2. The van der Waals surface area contributed by atoms with Crippen LogP contribution < -0.4 is 5.32 Å². The summed E-state index contributed by atoms with van der Waals surface area (Å²) >= 11 is 4.18. The fourth-order valence-electron chi connectivity index (χ4n) is 2.54. The molecule has 2 saturated heterocycles. The van der Waals surface area contributed by atoms with Gasteiger partial charge >= 0.3 is 0 Å². The molecule has 0 spiro atoms. The summed E-state index contributed by atoms with van der Waals surface area (Å²) in [5, 5.41) is 2.73. The molecule has 0 radical (unpaired) electrons. The predicted octanol–water partition coefficient (Wildman–Crippen LogP) is 1.29. The minimum atomic E-state index is 0.196. The van der Waals surface area contributed by atoms with Crippen LogP contribution in [-0.2, 0) is 4.79 Å². The molecule has 2 fully saturated rings. The molecule has 17 heavy (non-hydrogen) atoms. The maximum Gasteiger partial charge on any atom is 0.220 e. The Morgan fingerprint density at radius 2 is 2.06 bits per heavy atom. The minimum absolute atomic E-state index is 0.196. The van der Waals surface area contributed by atoms with E-state index < -0.39 is 0 Å². The first-order chi connectivity index (χ1) is 8.29. The van der Waals surface area contributed by atoms with E-state index in [9.17, 15) is 4.79 Å². The lowest BCUT2D eigenvalue weighted by atomic mass is 10.0. The number of nitrogens with one attached hydrogen (secondary N) is 1. The van der Waals surface area contributed by atoms with Crippen LogP contribution in [0, 0.1) is 5.92 Å². The lowest BCUT2D eigenvalue weighted by molar-refractivity contribution is -0.121. The Kier molecular flexibility index (Phi) is 5.50. The number of carbonyl (C=O) groups is 1. The minimum Gasteiger partial charge on any atom is -0.359 e. The predicted molar refractivity (Wildman–Crippen MR) is 76.8 cm³/mol. The summed E-state index contributed by atoms with van der Waals surface area (Å²) in [5.41, 5.74) is 0. The Labute approximate surface area is 112 Å². The van der Waals surface area contributed by atoms with Crippen molar-refractivity contribution < 1.29 is 4.79 Å². The van der Waals surface area contributed by atoms with Crippen LogP contribution in [0.1, 0.15) is 12.8 Å². The summed E-state index contributed by atoms with van der Waals surface area (Å²) in [6, 6.07) is 0.738. The molecular formula is C12H22N2OS2. The molecule has 98 valence electrons. The van der Waals surface area contributed by atoms with Crippen LogP contribution in [0.3, 0.4) is 0 Å². The summed E-state index contributed by atoms with van der Waals surface area (Å²) in [4.78, 5) is 14.0. The van der Waals surface area contributed by atoms with Gasteiger partial charge in [0, 0.05) is 49.1 Å². The Bertz CT molecular complexity index is 255. The van der Waals surface area contributed by atoms with Crippen LogP contribution >= 0.6 is 23.5 Å². The lowest BCUT2D eigenvalue weighted by Gasteiger charge is -2.25. The van der Waals surface area contributed by atoms with Crippen molar-refractivity contribution in [3.8, 4) is 0 Å². The average Bonchev–Trinajstić information content (AvgIpc) is 2.63. The number of nitrogens with zero attached hydrogens (tertiary/aromatic N) is 1. The van der Waals surface area contributed by atoms with Crippen molar-refractivity contribution in [1.82, 2.24) is 10.2 Å². The SMILES string of the molecule is CNC(=O)CC1CCN(C2CSCCSC2)C1. The van der Waals surface area contributed by atoms with E-state index in [0.717, 1.165) is 12.6 Å². The first-order valence-electron chi connectivity index (χ1n) is 6.39. The number of amides is 1. The van der Waals surface area contributed by atoms with Crippen LogP contribution in [0.4, 0.5) is 0 Å². The third-order valence-corrected chi connectivity index (χ3v) is 6.06. The zero-order chi connectivity index (χ0) is 12.1. The number of carbonyl (C=O) groups excluding carboxylic acids is 1. The molecule has 0 saturated carbocycles. The van der Waals surface area contributed by atoms with Gasteiger partial charge in [-0.15, -0.1) is 0 Å². The van der Waals surface area contributed by atoms with Crippen LogP contribution in [-0.4, -0.2) is 60.0 Å². The van der Waals surface area contributed by atoms with Gasteiger partial charge in [-0.3, -0.25) is 9.69 Å². The topological polar surface area (TPSA) is 32.3 Å². The Morgan fingerprint density at radius 3 is 2.71 bits per heavy atom. The molecule has 0 aliphatic carbocycles.